The Morgan fingerprint density at radius 3 is 1.39 bits per heavy atom. The second-order valence-electron chi connectivity index (χ2n) is 4.71. The van der Waals surface area contributed by atoms with E-state index in [1.54, 1.807) is 6.92 Å². The molecule has 2 heterocycles. The number of aromatic nitrogens is 2. The molecular weight excluding hydrogens is 284 g/mol. The van der Waals surface area contributed by atoms with Gasteiger partial charge in [0.15, 0.2) is 0 Å². The number of fused-ring (bicyclic) bond motifs is 2. The van der Waals surface area contributed by atoms with Crippen molar-refractivity contribution in [3.8, 4) is 0 Å². The topological polar surface area (TPSA) is 46.0 Å². The third-order valence-electron chi connectivity index (χ3n) is 3.02. The lowest BCUT2D eigenvalue weighted by Gasteiger charge is -1.91. The van der Waals surface area contributed by atoms with Crippen LogP contribution < -0.4 is 0 Å². The molecule has 0 bridgehead atoms. The lowest BCUT2D eigenvalue weighted by molar-refractivity contribution is 0.318. The van der Waals surface area contributed by atoms with E-state index in [0.29, 0.717) is 0 Å². The highest BCUT2D eigenvalue weighted by atomic mass is 16.2. The number of rotatable bonds is 0. The van der Waals surface area contributed by atoms with Crippen LogP contribution in [0.5, 0.6) is 0 Å². The maximum Gasteiger partial charge on any atom is 0.0701 e. The number of aliphatic hydroxyl groups is 1. The van der Waals surface area contributed by atoms with Crippen LogP contribution >= 0.6 is 0 Å². The summed E-state index contributed by atoms with van der Waals surface area (Å²) >= 11 is 0. The summed E-state index contributed by atoms with van der Waals surface area (Å²) in [6.45, 7) is 1.93. The molecule has 0 unspecified atom stereocenters. The maximum atomic E-state index is 7.57. The molecule has 3 heteroatoms. The monoisotopic (exact) mass is 304 g/mol. The predicted molar refractivity (Wildman–Crippen MR) is 96.2 cm³/mol. The Hall–Kier alpha value is -2.78. The average Bonchev–Trinajstić information content (AvgIpc) is 2.63. The standard InChI is InChI=1S/2C9H7N.C2H6O/c2*1-2-6-9-8(4-1)5-3-7-10-9;1-2-3/h2*1-7H;3H,2H2,1H3. The zero-order chi connectivity index (χ0) is 16.3. The lowest BCUT2D eigenvalue weighted by atomic mass is 10.2. The Morgan fingerprint density at radius 2 is 1.00 bits per heavy atom. The van der Waals surface area contributed by atoms with Gasteiger partial charge in [0.2, 0.25) is 0 Å². The van der Waals surface area contributed by atoms with E-state index in [9.17, 15) is 0 Å². The number of hydrogen-bond donors (Lipinski definition) is 1. The molecule has 0 aliphatic heterocycles. The van der Waals surface area contributed by atoms with Crippen LogP contribution in [0.3, 0.4) is 0 Å². The fraction of sp³-hybridized carbons (Fsp3) is 0.100. The fourth-order valence-corrected chi connectivity index (χ4v) is 2.03. The van der Waals surface area contributed by atoms with Crippen molar-refractivity contribution in [2.24, 2.45) is 0 Å². The highest BCUT2D eigenvalue weighted by Crippen LogP contribution is 2.08. The zero-order valence-corrected chi connectivity index (χ0v) is 13.1. The Bertz CT molecular complexity index is 644. The molecule has 23 heavy (non-hydrogen) atoms. The minimum absolute atomic E-state index is 0.250. The van der Waals surface area contributed by atoms with E-state index in [-0.39, 0.29) is 6.61 Å². The molecule has 3 nitrogen and oxygen atoms in total. The van der Waals surface area contributed by atoms with Gasteiger partial charge in [0.1, 0.15) is 0 Å². The van der Waals surface area contributed by atoms with Gasteiger partial charge >= 0.3 is 0 Å². The largest absolute Gasteiger partial charge is 0.397 e. The average molecular weight is 304 g/mol. The van der Waals surface area contributed by atoms with Crippen LogP contribution in [0.1, 0.15) is 6.92 Å². The normalized spacial score (nSPS) is 9.48. The van der Waals surface area contributed by atoms with E-state index < -0.39 is 0 Å². The molecule has 1 N–H and O–H groups in total. The molecule has 0 saturated carbocycles. The molecule has 0 amide bonds. The molecule has 0 fully saturated rings. The first-order valence-corrected chi connectivity index (χ1v) is 7.55. The van der Waals surface area contributed by atoms with Crippen LogP contribution in [0.2, 0.25) is 0 Å². The lowest BCUT2D eigenvalue weighted by Crippen LogP contribution is -1.73. The summed E-state index contributed by atoms with van der Waals surface area (Å²) in [6, 6.07) is 24.2. The van der Waals surface area contributed by atoms with Gasteiger partial charge < -0.3 is 5.11 Å². The molecule has 0 saturated heterocycles. The van der Waals surface area contributed by atoms with E-state index in [2.05, 4.69) is 34.2 Å². The molecule has 4 rings (SSSR count). The fourth-order valence-electron chi connectivity index (χ4n) is 2.03. The summed E-state index contributed by atoms with van der Waals surface area (Å²) < 4.78 is 0. The molecule has 2 aromatic heterocycles. The summed E-state index contributed by atoms with van der Waals surface area (Å²) in [5.74, 6) is 0. The minimum atomic E-state index is 0.250. The van der Waals surface area contributed by atoms with Gasteiger partial charge in [-0.3, -0.25) is 9.97 Å². The van der Waals surface area contributed by atoms with Crippen LogP contribution in [0.15, 0.2) is 85.2 Å². The molecule has 0 atom stereocenters. The van der Waals surface area contributed by atoms with E-state index in [0.717, 1.165) is 11.0 Å². The van der Waals surface area contributed by atoms with Crippen LogP contribution in [-0.2, 0) is 0 Å². The minimum Gasteiger partial charge on any atom is -0.397 e. The SMILES string of the molecule is CCO.c1ccc2ncccc2c1.c1ccc2ncccc2c1. The van der Waals surface area contributed by atoms with Crippen molar-refractivity contribution in [1.29, 1.82) is 0 Å². The van der Waals surface area contributed by atoms with Gasteiger partial charge in [-0.2, -0.15) is 0 Å². The molecule has 0 aliphatic carbocycles. The predicted octanol–water partition coefficient (Wildman–Crippen LogP) is 4.47. The van der Waals surface area contributed by atoms with Gasteiger partial charge in [-0.25, -0.2) is 0 Å². The van der Waals surface area contributed by atoms with Crippen molar-refractivity contribution in [2.75, 3.05) is 6.61 Å². The Balaban J connectivity index is 0.000000143. The van der Waals surface area contributed by atoms with Gasteiger partial charge in [0.25, 0.3) is 0 Å². The summed E-state index contributed by atoms with van der Waals surface area (Å²) in [7, 11) is 0. The van der Waals surface area contributed by atoms with Crippen molar-refractivity contribution in [1.82, 2.24) is 9.97 Å². The number of benzene rings is 2. The van der Waals surface area contributed by atoms with Crippen molar-refractivity contribution in [3.05, 3.63) is 85.2 Å². The third-order valence-corrected chi connectivity index (χ3v) is 3.02. The highest BCUT2D eigenvalue weighted by molar-refractivity contribution is 5.78. The second-order valence-corrected chi connectivity index (χ2v) is 4.71. The van der Waals surface area contributed by atoms with E-state index in [1.165, 1.54) is 10.8 Å². The first kappa shape index (κ1) is 16.6. The maximum absolute atomic E-state index is 7.57. The van der Waals surface area contributed by atoms with Gasteiger partial charge in [-0.05, 0) is 31.2 Å². The molecule has 116 valence electrons. The first-order valence-electron chi connectivity index (χ1n) is 7.55. The Labute approximate surface area is 136 Å². The summed E-state index contributed by atoms with van der Waals surface area (Å²) in [4.78, 5) is 8.36. The van der Waals surface area contributed by atoms with Crippen LogP contribution in [0.4, 0.5) is 0 Å². The van der Waals surface area contributed by atoms with Gasteiger partial charge in [-0.1, -0.05) is 48.5 Å². The van der Waals surface area contributed by atoms with Gasteiger partial charge in [-0.15, -0.1) is 0 Å². The summed E-state index contributed by atoms with van der Waals surface area (Å²) in [6.07, 6.45) is 3.62. The molecule has 0 spiro atoms. The van der Waals surface area contributed by atoms with Crippen molar-refractivity contribution < 1.29 is 5.11 Å². The zero-order valence-electron chi connectivity index (χ0n) is 13.1. The second kappa shape index (κ2) is 9.28. The van der Waals surface area contributed by atoms with Crippen molar-refractivity contribution in [2.45, 2.75) is 6.92 Å². The molecule has 0 radical (unpaired) electrons. The third kappa shape index (κ3) is 5.16. The number of hydrogen-bond acceptors (Lipinski definition) is 3. The molecule has 2 aromatic carbocycles. The van der Waals surface area contributed by atoms with Crippen molar-refractivity contribution in [3.63, 3.8) is 0 Å². The highest BCUT2D eigenvalue weighted by Gasteiger charge is 1.87. The summed E-state index contributed by atoms with van der Waals surface area (Å²) in [5, 5.41) is 9.97. The van der Waals surface area contributed by atoms with Crippen molar-refractivity contribution >= 4 is 21.8 Å². The number of aliphatic hydroxyl groups excluding tert-OH is 1. The Kier molecular flexibility index (Phi) is 6.69. The quantitative estimate of drug-likeness (QED) is 0.521. The van der Waals surface area contributed by atoms with Gasteiger partial charge in [0.05, 0.1) is 11.0 Å². The number of para-hydroxylation sites is 2. The van der Waals surface area contributed by atoms with E-state index in [1.807, 2.05) is 60.9 Å². The molecule has 4 aromatic rings. The summed E-state index contributed by atoms with van der Waals surface area (Å²) in [5.41, 5.74) is 2.12. The smallest absolute Gasteiger partial charge is 0.0701 e. The number of pyridine rings is 2. The van der Waals surface area contributed by atoms with Gasteiger partial charge in [0, 0.05) is 29.8 Å². The first-order chi connectivity index (χ1) is 11.3. The van der Waals surface area contributed by atoms with Crippen LogP contribution in [-0.4, -0.2) is 21.7 Å². The van der Waals surface area contributed by atoms with Crippen LogP contribution in [0, 0.1) is 0 Å². The van der Waals surface area contributed by atoms with E-state index in [4.69, 9.17) is 5.11 Å². The number of nitrogens with zero attached hydrogens (tertiary/aromatic N) is 2. The molecular formula is C20H20N2O. The Morgan fingerprint density at radius 1 is 0.652 bits per heavy atom. The van der Waals surface area contributed by atoms with E-state index >= 15 is 0 Å². The van der Waals surface area contributed by atoms with Crippen LogP contribution in [0.25, 0.3) is 21.8 Å². The molecule has 0 aliphatic rings.